The van der Waals surface area contributed by atoms with E-state index in [9.17, 15) is 9.59 Å². The number of nitrogens with zero attached hydrogens (tertiary/aromatic N) is 4. The van der Waals surface area contributed by atoms with E-state index < -0.39 is 11.2 Å². The van der Waals surface area contributed by atoms with Crippen molar-refractivity contribution in [2.45, 2.75) is 25.8 Å². The smallest absolute Gasteiger partial charge is 0.329 e. The van der Waals surface area contributed by atoms with Crippen LogP contribution in [0.1, 0.15) is 18.4 Å². The first-order valence-corrected chi connectivity index (χ1v) is 9.18. The highest BCUT2D eigenvalue weighted by Crippen LogP contribution is 2.23. The number of nitrogens with one attached hydrogen (secondary N) is 2. The molecular formula is C19H24N6O2. The van der Waals surface area contributed by atoms with E-state index in [1.165, 1.54) is 15.8 Å². The van der Waals surface area contributed by atoms with Crippen LogP contribution < -0.4 is 21.5 Å². The normalized spacial score (nSPS) is 15.4. The van der Waals surface area contributed by atoms with Crippen LogP contribution >= 0.6 is 0 Å². The summed E-state index contributed by atoms with van der Waals surface area (Å²) >= 11 is 0. The molecule has 1 aromatic carbocycles. The summed E-state index contributed by atoms with van der Waals surface area (Å²) in [5, 5.41) is 3.45. The molecule has 4 rings (SSSR count). The lowest BCUT2D eigenvalue weighted by Crippen LogP contribution is -2.39. The van der Waals surface area contributed by atoms with Crippen molar-refractivity contribution >= 4 is 22.8 Å². The fourth-order valence-corrected chi connectivity index (χ4v) is 3.73. The Morgan fingerprint density at radius 2 is 1.89 bits per heavy atom. The lowest BCUT2D eigenvalue weighted by molar-refractivity contribution is 0.522. The topological polar surface area (TPSA) is 88.0 Å². The maximum atomic E-state index is 12.1. The number of aryl methyl sites for hydroxylation is 3. The van der Waals surface area contributed by atoms with E-state index in [2.05, 4.69) is 51.4 Å². The first kappa shape index (κ1) is 17.4. The number of aromatic amines is 1. The van der Waals surface area contributed by atoms with Crippen LogP contribution in [0.25, 0.3) is 11.2 Å². The Morgan fingerprint density at radius 1 is 1.15 bits per heavy atom. The van der Waals surface area contributed by atoms with Gasteiger partial charge in [-0.1, -0.05) is 12.1 Å². The maximum Gasteiger partial charge on any atom is 0.329 e. The van der Waals surface area contributed by atoms with E-state index in [0.29, 0.717) is 17.1 Å². The maximum absolute atomic E-state index is 12.1. The van der Waals surface area contributed by atoms with Crippen molar-refractivity contribution in [3.63, 3.8) is 0 Å². The average Bonchev–Trinajstić information content (AvgIpc) is 2.97. The molecule has 0 bridgehead atoms. The fraction of sp³-hybridized carbons (Fsp3) is 0.421. The number of rotatable bonds is 3. The lowest BCUT2D eigenvalue weighted by atomic mass is 10.0. The SMILES string of the molecule is Cc1cccc(N2CCC(Nc3nc4c(c(=O)[nH]c(=O)n4C)n3C)CC2)c1. The van der Waals surface area contributed by atoms with Gasteiger partial charge in [-0.3, -0.25) is 14.3 Å². The van der Waals surface area contributed by atoms with Crippen molar-refractivity contribution in [3.8, 4) is 0 Å². The number of anilines is 2. The Morgan fingerprint density at radius 3 is 2.59 bits per heavy atom. The van der Waals surface area contributed by atoms with Crippen molar-refractivity contribution in [3.05, 3.63) is 50.7 Å². The summed E-state index contributed by atoms with van der Waals surface area (Å²) < 4.78 is 3.09. The van der Waals surface area contributed by atoms with Gasteiger partial charge in [0.25, 0.3) is 5.56 Å². The number of fused-ring (bicyclic) bond motifs is 1. The molecule has 8 heteroatoms. The van der Waals surface area contributed by atoms with Gasteiger partial charge in [-0.05, 0) is 37.5 Å². The summed E-state index contributed by atoms with van der Waals surface area (Å²) in [6, 6.07) is 8.84. The Bertz CT molecular complexity index is 1100. The van der Waals surface area contributed by atoms with Crippen LogP contribution in [0.2, 0.25) is 0 Å². The van der Waals surface area contributed by atoms with Gasteiger partial charge in [0, 0.05) is 38.9 Å². The minimum atomic E-state index is -0.455. The largest absolute Gasteiger partial charge is 0.371 e. The van der Waals surface area contributed by atoms with Crippen molar-refractivity contribution in [1.29, 1.82) is 0 Å². The highest BCUT2D eigenvalue weighted by atomic mass is 16.2. The van der Waals surface area contributed by atoms with Gasteiger partial charge in [-0.25, -0.2) is 4.79 Å². The average molecular weight is 368 g/mol. The Kier molecular flexibility index (Phi) is 4.25. The van der Waals surface area contributed by atoms with Gasteiger partial charge in [0.1, 0.15) is 0 Å². The molecule has 0 aliphatic carbocycles. The van der Waals surface area contributed by atoms with Gasteiger partial charge in [-0.2, -0.15) is 4.98 Å². The summed E-state index contributed by atoms with van der Waals surface area (Å²) in [6.45, 7) is 4.03. The molecule has 1 aliphatic rings. The Labute approximate surface area is 156 Å². The molecule has 142 valence electrons. The van der Waals surface area contributed by atoms with Crippen LogP contribution in [-0.2, 0) is 14.1 Å². The first-order valence-electron chi connectivity index (χ1n) is 9.18. The van der Waals surface area contributed by atoms with Gasteiger partial charge < -0.3 is 14.8 Å². The molecule has 0 spiro atoms. The summed E-state index contributed by atoms with van der Waals surface area (Å²) in [6.07, 6.45) is 1.96. The molecule has 0 radical (unpaired) electrons. The zero-order valence-corrected chi connectivity index (χ0v) is 15.8. The molecule has 3 heterocycles. The molecule has 27 heavy (non-hydrogen) atoms. The number of hydrogen-bond donors (Lipinski definition) is 2. The third-order valence-corrected chi connectivity index (χ3v) is 5.33. The molecule has 8 nitrogen and oxygen atoms in total. The van der Waals surface area contributed by atoms with Crippen molar-refractivity contribution in [1.82, 2.24) is 19.1 Å². The first-order chi connectivity index (χ1) is 12.9. The molecule has 0 amide bonds. The zero-order chi connectivity index (χ0) is 19.1. The van der Waals surface area contributed by atoms with Crippen LogP contribution in [0.15, 0.2) is 33.9 Å². The highest BCUT2D eigenvalue weighted by Gasteiger charge is 2.22. The van der Waals surface area contributed by atoms with Crippen LogP contribution in [0, 0.1) is 6.92 Å². The third-order valence-electron chi connectivity index (χ3n) is 5.33. The van der Waals surface area contributed by atoms with E-state index >= 15 is 0 Å². The molecular weight excluding hydrogens is 344 g/mol. The van der Waals surface area contributed by atoms with Gasteiger partial charge in [0.05, 0.1) is 0 Å². The van der Waals surface area contributed by atoms with Gasteiger partial charge in [-0.15, -0.1) is 0 Å². The van der Waals surface area contributed by atoms with Crippen LogP contribution in [-0.4, -0.2) is 38.2 Å². The minimum absolute atomic E-state index is 0.276. The second-order valence-corrected chi connectivity index (χ2v) is 7.23. The number of aromatic nitrogens is 4. The van der Waals surface area contributed by atoms with Crippen LogP contribution in [0.5, 0.6) is 0 Å². The van der Waals surface area contributed by atoms with Crippen molar-refractivity contribution < 1.29 is 0 Å². The minimum Gasteiger partial charge on any atom is -0.371 e. The van der Waals surface area contributed by atoms with Crippen LogP contribution in [0.4, 0.5) is 11.6 Å². The Balaban J connectivity index is 1.52. The van der Waals surface area contributed by atoms with Crippen molar-refractivity contribution in [2.75, 3.05) is 23.3 Å². The standard InChI is InChI=1S/C19H24N6O2/c1-12-5-4-6-14(11-12)25-9-7-13(8-10-25)20-18-21-16-15(23(18)2)17(26)22-19(27)24(16)3/h4-6,11,13H,7-10H2,1-3H3,(H,20,21)(H,22,26,27). The van der Waals surface area contributed by atoms with Gasteiger partial charge >= 0.3 is 5.69 Å². The van der Waals surface area contributed by atoms with Crippen LogP contribution in [0.3, 0.4) is 0 Å². The number of H-pyrrole nitrogens is 1. The molecule has 0 unspecified atom stereocenters. The predicted molar refractivity (Wildman–Crippen MR) is 107 cm³/mol. The van der Waals surface area contributed by atoms with Gasteiger partial charge in [0.15, 0.2) is 11.2 Å². The molecule has 1 aliphatic heterocycles. The van der Waals surface area contributed by atoms with Gasteiger partial charge in [0.2, 0.25) is 5.95 Å². The molecule has 2 aromatic heterocycles. The van der Waals surface area contributed by atoms with Crippen molar-refractivity contribution in [2.24, 2.45) is 14.1 Å². The number of hydrogen-bond acceptors (Lipinski definition) is 5. The lowest BCUT2D eigenvalue weighted by Gasteiger charge is -2.34. The number of benzene rings is 1. The zero-order valence-electron chi connectivity index (χ0n) is 15.8. The number of imidazole rings is 1. The second-order valence-electron chi connectivity index (χ2n) is 7.23. The molecule has 0 atom stereocenters. The Hall–Kier alpha value is -3.03. The third kappa shape index (κ3) is 3.11. The molecule has 2 N–H and O–H groups in total. The monoisotopic (exact) mass is 368 g/mol. The van der Waals surface area contributed by atoms with E-state index in [0.717, 1.165) is 25.9 Å². The molecule has 1 fully saturated rings. The summed E-state index contributed by atoms with van der Waals surface area (Å²) in [5.74, 6) is 0.616. The second kappa shape index (κ2) is 6.61. The summed E-state index contributed by atoms with van der Waals surface area (Å²) in [4.78, 5) is 33.2. The quantitative estimate of drug-likeness (QED) is 0.729. The van der Waals surface area contributed by atoms with E-state index in [-0.39, 0.29) is 6.04 Å². The van der Waals surface area contributed by atoms with E-state index in [1.54, 1.807) is 18.7 Å². The van der Waals surface area contributed by atoms with E-state index in [4.69, 9.17) is 0 Å². The highest BCUT2D eigenvalue weighted by molar-refractivity contribution is 5.74. The van der Waals surface area contributed by atoms with E-state index in [1.807, 2.05) is 0 Å². The number of piperidine rings is 1. The molecule has 0 saturated carbocycles. The molecule has 3 aromatic rings. The molecule has 1 saturated heterocycles. The predicted octanol–water partition coefficient (Wildman–Crippen LogP) is 1.35. The fourth-order valence-electron chi connectivity index (χ4n) is 3.73. The summed E-state index contributed by atoms with van der Waals surface area (Å²) in [5.41, 5.74) is 2.46. The summed E-state index contributed by atoms with van der Waals surface area (Å²) in [7, 11) is 3.40.